The lowest BCUT2D eigenvalue weighted by Gasteiger charge is -2.17. The number of hydrogen-bond acceptors (Lipinski definition) is 3. The van der Waals surface area contributed by atoms with E-state index < -0.39 is 0 Å². The van der Waals surface area contributed by atoms with Crippen LogP contribution in [-0.2, 0) is 0 Å². The minimum Gasteiger partial charge on any atom is -0.497 e. The summed E-state index contributed by atoms with van der Waals surface area (Å²) >= 11 is 0. The number of rotatable bonds is 6. The summed E-state index contributed by atoms with van der Waals surface area (Å²) in [6.07, 6.45) is 0. The van der Waals surface area contributed by atoms with Crippen molar-refractivity contribution in [3.63, 3.8) is 0 Å². The lowest BCUT2D eigenvalue weighted by Crippen LogP contribution is -2.29. The maximum Gasteiger partial charge on any atom is 0.119 e. The molecule has 15 heavy (non-hydrogen) atoms. The molecule has 0 heterocycles. The lowest BCUT2D eigenvalue weighted by atomic mass is 10.1. The van der Waals surface area contributed by atoms with E-state index in [0.717, 1.165) is 18.8 Å². The fourth-order valence-corrected chi connectivity index (χ4v) is 1.53. The Kier molecular flexibility index (Phi) is 5.15. The van der Waals surface area contributed by atoms with Crippen molar-refractivity contribution in [2.24, 2.45) is 0 Å². The summed E-state index contributed by atoms with van der Waals surface area (Å²) in [7, 11) is 3.67. The largest absolute Gasteiger partial charge is 0.497 e. The van der Waals surface area contributed by atoms with Crippen LogP contribution in [0.1, 0.15) is 18.5 Å². The van der Waals surface area contributed by atoms with E-state index in [1.165, 1.54) is 5.56 Å². The van der Waals surface area contributed by atoms with E-state index in [9.17, 15) is 0 Å². The van der Waals surface area contributed by atoms with Crippen LogP contribution in [-0.4, -0.2) is 27.2 Å². The molecule has 84 valence electrons. The van der Waals surface area contributed by atoms with Gasteiger partial charge in [-0.2, -0.15) is 0 Å². The van der Waals surface area contributed by atoms with E-state index >= 15 is 0 Å². The molecule has 2 N–H and O–H groups in total. The van der Waals surface area contributed by atoms with Crippen LogP contribution in [0.2, 0.25) is 0 Å². The Morgan fingerprint density at radius 1 is 1.40 bits per heavy atom. The summed E-state index contributed by atoms with van der Waals surface area (Å²) in [5, 5.41) is 6.62. The number of ether oxygens (including phenoxy) is 1. The molecule has 0 radical (unpaired) electrons. The van der Waals surface area contributed by atoms with Gasteiger partial charge < -0.3 is 15.4 Å². The smallest absolute Gasteiger partial charge is 0.119 e. The molecule has 0 saturated heterocycles. The van der Waals surface area contributed by atoms with Crippen LogP contribution in [0.3, 0.4) is 0 Å². The van der Waals surface area contributed by atoms with Crippen LogP contribution in [0, 0.1) is 0 Å². The molecule has 0 bridgehead atoms. The lowest BCUT2D eigenvalue weighted by molar-refractivity contribution is 0.413. The summed E-state index contributed by atoms with van der Waals surface area (Å²) in [5.74, 6) is 0.907. The first-order valence-corrected chi connectivity index (χ1v) is 5.33. The second-order valence-electron chi connectivity index (χ2n) is 3.43. The molecule has 3 nitrogen and oxygen atoms in total. The molecule has 3 heteroatoms. The molecule has 1 rings (SSSR count). The standard InChI is InChI=1S/C12H20N2O/c1-4-14-9-12(13-2)10-6-5-7-11(8-10)15-3/h5-8,12-14H,4,9H2,1-3H3. The van der Waals surface area contributed by atoms with Crippen molar-refractivity contribution in [1.29, 1.82) is 0 Å². The predicted molar refractivity (Wildman–Crippen MR) is 63.3 cm³/mol. The Balaban J connectivity index is 2.72. The van der Waals surface area contributed by atoms with Gasteiger partial charge in [-0.05, 0) is 31.3 Å². The number of hydrogen-bond donors (Lipinski definition) is 2. The topological polar surface area (TPSA) is 33.3 Å². The van der Waals surface area contributed by atoms with E-state index in [1.54, 1.807) is 7.11 Å². The maximum absolute atomic E-state index is 5.21. The van der Waals surface area contributed by atoms with Crippen molar-refractivity contribution < 1.29 is 4.74 Å². The molecule has 0 amide bonds. The van der Waals surface area contributed by atoms with Crippen LogP contribution >= 0.6 is 0 Å². The zero-order chi connectivity index (χ0) is 11.1. The van der Waals surface area contributed by atoms with Crippen molar-refractivity contribution >= 4 is 0 Å². The number of benzene rings is 1. The minimum absolute atomic E-state index is 0.333. The summed E-state index contributed by atoms with van der Waals surface area (Å²) in [5.41, 5.74) is 1.25. The number of methoxy groups -OCH3 is 1. The van der Waals surface area contributed by atoms with Crippen molar-refractivity contribution in [2.75, 3.05) is 27.2 Å². The van der Waals surface area contributed by atoms with Crippen molar-refractivity contribution in [3.8, 4) is 5.75 Å². The van der Waals surface area contributed by atoms with E-state index in [0.29, 0.717) is 6.04 Å². The Morgan fingerprint density at radius 3 is 2.80 bits per heavy atom. The quantitative estimate of drug-likeness (QED) is 0.744. The Morgan fingerprint density at radius 2 is 2.20 bits per heavy atom. The zero-order valence-corrected chi connectivity index (χ0v) is 9.71. The highest BCUT2D eigenvalue weighted by Crippen LogP contribution is 2.18. The molecule has 1 atom stereocenters. The molecule has 0 saturated carbocycles. The highest BCUT2D eigenvalue weighted by atomic mass is 16.5. The highest BCUT2D eigenvalue weighted by molar-refractivity contribution is 5.30. The monoisotopic (exact) mass is 208 g/mol. The number of likely N-dealkylation sites (N-methyl/N-ethyl adjacent to an activating group) is 2. The molecule has 1 aromatic carbocycles. The van der Waals surface area contributed by atoms with E-state index in [4.69, 9.17) is 4.74 Å². The first-order chi connectivity index (χ1) is 7.31. The van der Waals surface area contributed by atoms with Gasteiger partial charge in [-0.15, -0.1) is 0 Å². The number of nitrogens with one attached hydrogen (secondary N) is 2. The SMILES string of the molecule is CCNCC(NC)c1cccc(OC)c1. The molecule has 1 unspecified atom stereocenters. The van der Waals surface area contributed by atoms with Gasteiger partial charge in [-0.25, -0.2) is 0 Å². The van der Waals surface area contributed by atoms with Gasteiger partial charge in [0.2, 0.25) is 0 Å². The zero-order valence-electron chi connectivity index (χ0n) is 9.71. The van der Waals surface area contributed by atoms with Gasteiger partial charge in [0.25, 0.3) is 0 Å². The fourth-order valence-electron chi connectivity index (χ4n) is 1.53. The molecule has 0 spiro atoms. The van der Waals surface area contributed by atoms with Crippen molar-refractivity contribution in [3.05, 3.63) is 29.8 Å². The van der Waals surface area contributed by atoms with Gasteiger partial charge in [0.05, 0.1) is 7.11 Å². The first-order valence-electron chi connectivity index (χ1n) is 5.33. The third-order valence-corrected chi connectivity index (χ3v) is 2.44. The average molecular weight is 208 g/mol. The average Bonchev–Trinajstić information content (AvgIpc) is 2.30. The minimum atomic E-state index is 0.333. The molecule has 0 aliphatic heterocycles. The molecule has 1 aromatic rings. The van der Waals surface area contributed by atoms with Crippen LogP contribution in [0.5, 0.6) is 5.75 Å². The Hall–Kier alpha value is -1.06. The molecule has 0 fully saturated rings. The molecule has 0 aliphatic rings. The normalized spacial score (nSPS) is 12.5. The van der Waals surface area contributed by atoms with E-state index in [-0.39, 0.29) is 0 Å². The van der Waals surface area contributed by atoms with Gasteiger partial charge in [0.1, 0.15) is 5.75 Å². The van der Waals surface area contributed by atoms with Crippen molar-refractivity contribution in [1.82, 2.24) is 10.6 Å². The molecular weight excluding hydrogens is 188 g/mol. The fraction of sp³-hybridized carbons (Fsp3) is 0.500. The second-order valence-corrected chi connectivity index (χ2v) is 3.43. The summed E-state index contributed by atoms with van der Waals surface area (Å²) < 4.78 is 5.21. The Labute approximate surface area is 91.8 Å². The van der Waals surface area contributed by atoms with E-state index in [1.807, 2.05) is 19.2 Å². The van der Waals surface area contributed by atoms with Crippen LogP contribution in [0.15, 0.2) is 24.3 Å². The Bertz CT molecular complexity index is 289. The van der Waals surface area contributed by atoms with Crippen LogP contribution < -0.4 is 15.4 Å². The predicted octanol–water partition coefficient (Wildman–Crippen LogP) is 1.57. The maximum atomic E-state index is 5.21. The summed E-state index contributed by atoms with van der Waals surface area (Å²) in [6.45, 7) is 4.03. The third kappa shape index (κ3) is 3.53. The van der Waals surface area contributed by atoms with Gasteiger partial charge in [-0.1, -0.05) is 19.1 Å². The molecule has 0 aromatic heterocycles. The molecular formula is C12H20N2O. The summed E-state index contributed by atoms with van der Waals surface area (Å²) in [6, 6.07) is 8.49. The van der Waals surface area contributed by atoms with Crippen LogP contribution in [0.25, 0.3) is 0 Å². The van der Waals surface area contributed by atoms with Gasteiger partial charge >= 0.3 is 0 Å². The second kappa shape index (κ2) is 6.43. The van der Waals surface area contributed by atoms with Gasteiger partial charge in [0.15, 0.2) is 0 Å². The summed E-state index contributed by atoms with van der Waals surface area (Å²) in [4.78, 5) is 0. The van der Waals surface area contributed by atoms with Gasteiger partial charge in [0, 0.05) is 12.6 Å². The highest BCUT2D eigenvalue weighted by Gasteiger charge is 2.08. The van der Waals surface area contributed by atoms with Crippen LogP contribution in [0.4, 0.5) is 0 Å². The first kappa shape index (κ1) is 12.0. The third-order valence-electron chi connectivity index (χ3n) is 2.44. The van der Waals surface area contributed by atoms with Crippen molar-refractivity contribution in [2.45, 2.75) is 13.0 Å². The molecule has 0 aliphatic carbocycles. The van der Waals surface area contributed by atoms with Gasteiger partial charge in [-0.3, -0.25) is 0 Å². The van der Waals surface area contributed by atoms with E-state index in [2.05, 4.69) is 29.7 Å².